The van der Waals surface area contributed by atoms with Crippen LogP contribution in [0.25, 0.3) is 0 Å². The van der Waals surface area contributed by atoms with Crippen LogP contribution in [0.5, 0.6) is 0 Å². The molecule has 0 aromatic rings. The molecule has 2 aliphatic rings. The molecule has 1 aliphatic carbocycles. The molecule has 1 saturated carbocycles. The number of nitrogens with one attached hydrogen (secondary N) is 1. The van der Waals surface area contributed by atoms with Crippen LogP contribution >= 0.6 is 0 Å². The summed E-state index contributed by atoms with van der Waals surface area (Å²) in [5, 5.41) is 3.61. The zero-order chi connectivity index (χ0) is 13.2. The Morgan fingerprint density at radius 2 is 2.11 bits per heavy atom. The molecule has 1 N–H and O–H groups in total. The van der Waals surface area contributed by atoms with Crippen LogP contribution in [0.2, 0.25) is 0 Å². The maximum absolute atomic E-state index is 5.85. The van der Waals surface area contributed by atoms with Crippen LogP contribution in [-0.2, 0) is 4.74 Å². The van der Waals surface area contributed by atoms with E-state index in [0.717, 1.165) is 19.2 Å². The standard InChI is InChI=1S/C15H30N2O/c1-5-16-12-8-7-9-17(11-12)13-10-14(18-6-2)15(13,3)4/h12-14,16H,5-11H2,1-4H3. The second-order valence-electron chi connectivity index (χ2n) is 6.41. The fourth-order valence-corrected chi connectivity index (χ4v) is 3.71. The van der Waals surface area contributed by atoms with E-state index in [2.05, 4.69) is 37.9 Å². The first-order valence-corrected chi connectivity index (χ1v) is 7.68. The zero-order valence-corrected chi connectivity index (χ0v) is 12.5. The monoisotopic (exact) mass is 254 g/mol. The highest BCUT2D eigenvalue weighted by atomic mass is 16.5. The van der Waals surface area contributed by atoms with Crippen molar-refractivity contribution >= 4 is 0 Å². The van der Waals surface area contributed by atoms with Gasteiger partial charge in [0.15, 0.2) is 0 Å². The van der Waals surface area contributed by atoms with Gasteiger partial charge in [0.2, 0.25) is 0 Å². The number of likely N-dealkylation sites (N-methyl/N-ethyl adjacent to an activating group) is 1. The van der Waals surface area contributed by atoms with Crippen LogP contribution in [0.15, 0.2) is 0 Å². The zero-order valence-electron chi connectivity index (χ0n) is 12.5. The molecular formula is C15H30N2O. The van der Waals surface area contributed by atoms with Gasteiger partial charge in [-0.3, -0.25) is 4.90 Å². The van der Waals surface area contributed by atoms with Crippen molar-refractivity contribution in [3.63, 3.8) is 0 Å². The summed E-state index contributed by atoms with van der Waals surface area (Å²) in [7, 11) is 0. The highest BCUT2D eigenvalue weighted by Gasteiger charge is 2.51. The molecule has 3 atom stereocenters. The lowest BCUT2D eigenvalue weighted by Crippen LogP contribution is -2.64. The van der Waals surface area contributed by atoms with Crippen molar-refractivity contribution in [3.8, 4) is 0 Å². The first-order valence-electron chi connectivity index (χ1n) is 7.68. The van der Waals surface area contributed by atoms with Gasteiger partial charge in [-0.05, 0) is 39.3 Å². The quantitative estimate of drug-likeness (QED) is 0.814. The average molecular weight is 254 g/mol. The predicted octanol–water partition coefficient (Wildman–Crippen LogP) is 2.26. The highest BCUT2D eigenvalue weighted by molar-refractivity contribution is 5.05. The number of piperidine rings is 1. The number of likely N-dealkylation sites (tertiary alicyclic amines) is 1. The molecule has 3 nitrogen and oxygen atoms in total. The van der Waals surface area contributed by atoms with Crippen molar-refractivity contribution in [2.75, 3.05) is 26.2 Å². The number of hydrogen-bond acceptors (Lipinski definition) is 3. The summed E-state index contributed by atoms with van der Waals surface area (Å²) in [6.45, 7) is 13.5. The van der Waals surface area contributed by atoms with E-state index in [1.54, 1.807) is 0 Å². The molecule has 0 bridgehead atoms. The largest absolute Gasteiger partial charge is 0.378 e. The maximum Gasteiger partial charge on any atom is 0.0655 e. The van der Waals surface area contributed by atoms with Gasteiger partial charge in [0, 0.05) is 30.7 Å². The Hall–Kier alpha value is -0.120. The number of ether oxygens (including phenoxy) is 1. The molecular weight excluding hydrogens is 224 g/mol. The minimum Gasteiger partial charge on any atom is -0.378 e. The predicted molar refractivity (Wildman–Crippen MR) is 75.9 cm³/mol. The Morgan fingerprint density at radius 1 is 1.33 bits per heavy atom. The summed E-state index contributed by atoms with van der Waals surface area (Å²) in [4.78, 5) is 2.70. The molecule has 0 spiro atoms. The lowest BCUT2D eigenvalue weighted by atomic mass is 9.63. The van der Waals surface area contributed by atoms with Gasteiger partial charge < -0.3 is 10.1 Å². The summed E-state index contributed by atoms with van der Waals surface area (Å²) in [5.74, 6) is 0. The van der Waals surface area contributed by atoms with E-state index < -0.39 is 0 Å². The molecule has 1 saturated heterocycles. The van der Waals surface area contributed by atoms with Crippen molar-refractivity contribution in [2.45, 2.75) is 65.1 Å². The summed E-state index contributed by atoms with van der Waals surface area (Å²) in [6.07, 6.45) is 4.36. The average Bonchev–Trinajstić information content (AvgIpc) is 2.35. The Morgan fingerprint density at radius 3 is 2.72 bits per heavy atom. The van der Waals surface area contributed by atoms with Gasteiger partial charge in [-0.15, -0.1) is 0 Å². The van der Waals surface area contributed by atoms with Crippen LogP contribution in [0.4, 0.5) is 0 Å². The minimum atomic E-state index is 0.324. The molecule has 0 aromatic heterocycles. The van der Waals surface area contributed by atoms with E-state index in [1.165, 1.54) is 32.4 Å². The number of nitrogens with zero attached hydrogens (tertiary/aromatic N) is 1. The topological polar surface area (TPSA) is 24.5 Å². The Balaban J connectivity index is 1.88. The van der Waals surface area contributed by atoms with Crippen LogP contribution in [0.3, 0.4) is 0 Å². The lowest BCUT2D eigenvalue weighted by molar-refractivity contribution is -0.154. The van der Waals surface area contributed by atoms with Crippen molar-refractivity contribution in [1.82, 2.24) is 10.2 Å². The van der Waals surface area contributed by atoms with Gasteiger partial charge in [-0.2, -0.15) is 0 Å². The normalized spacial score (nSPS) is 36.3. The van der Waals surface area contributed by atoms with E-state index in [0.29, 0.717) is 17.6 Å². The summed E-state index contributed by atoms with van der Waals surface area (Å²) in [6, 6.07) is 1.42. The fourth-order valence-electron chi connectivity index (χ4n) is 3.71. The maximum atomic E-state index is 5.85. The van der Waals surface area contributed by atoms with E-state index in [-0.39, 0.29) is 0 Å². The summed E-state index contributed by atoms with van der Waals surface area (Å²) >= 11 is 0. The van der Waals surface area contributed by atoms with Gasteiger partial charge >= 0.3 is 0 Å². The van der Waals surface area contributed by atoms with Crippen molar-refractivity contribution < 1.29 is 4.74 Å². The smallest absolute Gasteiger partial charge is 0.0655 e. The van der Waals surface area contributed by atoms with E-state index >= 15 is 0 Å². The molecule has 1 heterocycles. The Kier molecular flexibility index (Phi) is 4.68. The molecule has 0 radical (unpaired) electrons. The fraction of sp³-hybridized carbons (Fsp3) is 1.00. The van der Waals surface area contributed by atoms with Crippen LogP contribution in [0.1, 0.15) is 47.0 Å². The van der Waals surface area contributed by atoms with Crippen molar-refractivity contribution in [1.29, 1.82) is 0 Å². The first-order chi connectivity index (χ1) is 8.59. The molecule has 0 aromatic carbocycles. The van der Waals surface area contributed by atoms with E-state index in [9.17, 15) is 0 Å². The minimum absolute atomic E-state index is 0.324. The first kappa shape index (κ1) is 14.3. The molecule has 0 amide bonds. The highest BCUT2D eigenvalue weighted by Crippen LogP contribution is 2.46. The van der Waals surface area contributed by atoms with Gasteiger partial charge in [-0.25, -0.2) is 0 Å². The summed E-state index contributed by atoms with van der Waals surface area (Å²) < 4.78 is 5.85. The van der Waals surface area contributed by atoms with Gasteiger partial charge in [0.1, 0.15) is 0 Å². The van der Waals surface area contributed by atoms with Gasteiger partial charge in [0.25, 0.3) is 0 Å². The van der Waals surface area contributed by atoms with E-state index in [4.69, 9.17) is 4.74 Å². The number of hydrogen-bond donors (Lipinski definition) is 1. The second-order valence-corrected chi connectivity index (χ2v) is 6.41. The number of rotatable bonds is 5. The van der Waals surface area contributed by atoms with Crippen LogP contribution in [-0.4, -0.2) is 49.3 Å². The molecule has 2 rings (SSSR count). The van der Waals surface area contributed by atoms with Gasteiger partial charge in [0.05, 0.1) is 6.10 Å². The molecule has 2 fully saturated rings. The SMILES string of the molecule is CCNC1CCCN(C2CC(OCC)C2(C)C)C1. The molecule has 3 unspecified atom stereocenters. The Labute approximate surface area is 112 Å². The van der Waals surface area contributed by atoms with Crippen LogP contribution in [0, 0.1) is 5.41 Å². The van der Waals surface area contributed by atoms with Crippen molar-refractivity contribution in [3.05, 3.63) is 0 Å². The Bertz CT molecular complexity index is 265. The molecule has 1 aliphatic heterocycles. The lowest BCUT2D eigenvalue weighted by Gasteiger charge is -2.57. The second kappa shape index (κ2) is 5.89. The third-order valence-corrected chi connectivity index (χ3v) is 4.88. The molecule has 18 heavy (non-hydrogen) atoms. The third kappa shape index (κ3) is 2.73. The molecule has 106 valence electrons. The van der Waals surface area contributed by atoms with Crippen molar-refractivity contribution in [2.24, 2.45) is 5.41 Å². The van der Waals surface area contributed by atoms with E-state index in [1.807, 2.05) is 0 Å². The molecule has 3 heteroatoms. The van der Waals surface area contributed by atoms with Gasteiger partial charge in [-0.1, -0.05) is 20.8 Å². The third-order valence-electron chi connectivity index (χ3n) is 4.88. The van der Waals surface area contributed by atoms with Crippen LogP contribution < -0.4 is 5.32 Å². The summed E-state index contributed by atoms with van der Waals surface area (Å²) in [5.41, 5.74) is 0.324.